The number of hydrogen-bond acceptors (Lipinski definition) is 3. The lowest BCUT2D eigenvalue weighted by atomic mass is 10.1. The summed E-state index contributed by atoms with van der Waals surface area (Å²) in [6.45, 7) is 9.83. The van der Waals surface area contributed by atoms with Gasteiger partial charge in [0.25, 0.3) is 5.91 Å². The Balaban J connectivity index is 2.35. The van der Waals surface area contributed by atoms with Crippen molar-refractivity contribution in [3.05, 3.63) is 35.4 Å². The lowest BCUT2D eigenvalue weighted by Crippen LogP contribution is -2.38. The van der Waals surface area contributed by atoms with Crippen LogP contribution in [0.25, 0.3) is 0 Å². The van der Waals surface area contributed by atoms with Gasteiger partial charge in [0.1, 0.15) is 0 Å². The van der Waals surface area contributed by atoms with Crippen LogP contribution in [0.15, 0.2) is 24.3 Å². The maximum Gasteiger partial charge on any atom is 0.315 e. The van der Waals surface area contributed by atoms with Crippen LogP contribution in [0.1, 0.15) is 56.5 Å². The number of benzene rings is 1. The summed E-state index contributed by atoms with van der Waals surface area (Å²) in [6, 6.07) is 7.02. The Morgan fingerprint density at radius 2 is 1.63 bits per heavy atom. The second-order valence-corrected chi connectivity index (χ2v) is 6.41. The molecular weight excluding hydrogens is 344 g/mol. The SMILES string of the molecule is CC[C@@H](C)NC(=O)CCNC(=O)NCc1ccc(C(=O)N(CC)CC)cc1. The molecule has 7 nitrogen and oxygen atoms in total. The van der Waals surface area contributed by atoms with Crippen molar-refractivity contribution in [1.29, 1.82) is 0 Å². The number of hydrogen-bond donors (Lipinski definition) is 3. The van der Waals surface area contributed by atoms with Gasteiger partial charge in [-0.05, 0) is 44.9 Å². The van der Waals surface area contributed by atoms with Gasteiger partial charge in [-0.1, -0.05) is 19.1 Å². The molecule has 0 aliphatic carbocycles. The quantitative estimate of drug-likeness (QED) is 0.585. The minimum absolute atomic E-state index is 0.00733. The van der Waals surface area contributed by atoms with E-state index >= 15 is 0 Å². The largest absolute Gasteiger partial charge is 0.354 e. The van der Waals surface area contributed by atoms with Crippen molar-refractivity contribution in [2.75, 3.05) is 19.6 Å². The molecular formula is C20H32N4O3. The van der Waals surface area contributed by atoms with Crippen LogP contribution >= 0.6 is 0 Å². The van der Waals surface area contributed by atoms with E-state index in [0.717, 1.165) is 12.0 Å². The molecule has 0 unspecified atom stereocenters. The number of urea groups is 1. The number of rotatable bonds is 10. The average Bonchev–Trinajstić information content (AvgIpc) is 2.67. The topological polar surface area (TPSA) is 90.5 Å². The summed E-state index contributed by atoms with van der Waals surface area (Å²) in [4.78, 5) is 37.5. The van der Waals surface area contributed by atoms with Crippen LogP contribution in [0, 0.1) is 0 Å². The number of amides is 4. The average molecular weight is 377 g/mol. The van der Waals surface area contributed by atoms with Crippen molar-refractivity contribution in [2.24, 2.45) is 0 Å². The second-order valence-electron chi connectivity index (χ2n) is 6.41. The fourth-order valence-corrected chi connectivity index (χ4v) is 2.44. The molecule has 0 bridgehead atoms. The van der Waals surface area contributed by atoms with Gasteiger partial charge in [-0.2, -0.15) is 0 Å². The van der Waals surface area contributed by atoms with Crippen LogP contribution < -0.4 is 16.0 Å². The Morgan fingerprint density at radius 3 is 2.19 bits per heavy atom. The Bertz CT molecular complexity index is 612. The minimum Gasteiger partial charge on any atom is -0.354 e. The van der Waals surface area contributed by atoms with E-state index in [1.165, 1.54) is 0 Å². The van der Waals surface area contributed by atoms with Gasteiger partial charge in [-0.3, -0.25) is 9.59 Å². The Labute approximate surface area is 161 Å². The van der Waals surface area contributed by atoms with Crippen molar-refractivity contribution in [1.82, 2.24) is 20.9 Å². The monoisotopic (exact) mass is 376 g/mol. The van der Waals surface area contributed by atoms with E-state index in [9.17, 15) is 14.4 Å². The number of carbonyl (C=O) groups excluding carboxylic acids is 3. The molecule has 0 aromatic heterocycles. The fraction of sp³-hybridized carbons (Fsp3) is 0.550. The zero-order chi connectivity index (χ0) is 20.2. The van der Waals surface area contributed by atoms with Crippen molar-refractivity contribution in [2.45, 2.75) is 53.1 Å². The first kappa shape index (κ1) is 22.5. The summed E-state index contributed by atoms with van der Waals surface area (Å²) in [5.74, 6) is -0.0639. The molecule has 4 amide bonds. The van der Waals surface area contributed by atoms with E-state index in [4.69, 9.17) is 0 Å². The Morgan fingerprint density at radius 1 is 1.00 bits per heavy atom. The summed E-state index contributed by atoms with van der Waals surface area (Å²) in [6.07, 6.45) is 1.12. The summed E-state index contributed by atoms with van der Waals surface area (Å²) in [5, 5.41) is 8.25. The molecule has 0 saturated heterocycles. The highest BCUT2D eigenvalue weighted by molar-refractivity contribution is 5.94. The highest BCUT2D eigenvalue weighted by Crippen LogP contribution is 2.08. The molecule has 0 radical (unpaired) electrons. The predicted octanol–water partition coefficient (Wildman–Crippen LogP) is 2.27. The molecule has 0 saturated carbocycles. The van der Waals surface area contributed by atoms with Gasteiger partial charge in [-0.25, -0.2) is 4.79 Å². The maximum absolute atomic E-state index is 12.3. The van der Waals surface area contributed by atoms with E-state index in [1.807, 2.05) is 39.8 Å². The molecule has 3 N–H and O–H groups in total. The number of carbonyl (C=O) groups is 3. The standard InChI is InChI=1S/C20H32N4O3/c1-5-15(4)23-18(25)12-13-21-20(27)22-14-16-8-10-17(11-9-16)19(26)24(6-2)7-3/h8-11,15H,5-7,12-14H2,1-4H3,(H,23,25)(H2,21,22,27)/t15-/m1/s1. The Kier molecular flexibility index (Phi) is 9.93. The van der Waals surface area contributed by atoms with Gasteiger partial charge >= 0.3 is 6.03 Å². The first-order valence-corrected chi connectivity index (χ1v) is 9.60. The van der Waals surface area contributed by atoms with Crippen LogP contribution in [0.5, 0.6) is 0 Å². The molecule has 150 valence electrons. The van der Waals surface area contributed by atoms with Gasteiger partial charge in [0.15, 0.2) is 0 Å². The van der Waals surface area contributed by atoms with Crippen LogP contribution in [0.4, 0.5) is 4.79 Å². The summed E-state index contributed by atoms with van der Waals surface area (Å²) in [5.41, 5.74) is 1.54. The molecule has 0 fully saturated rings. The molecule has 0 aliphatic heterocycles. The summed E-state index contributed by atoms with van der Waals surface area (Å²) in [7, 11) is 0. The predicted molar refractivity (Wildman–Crippen MR) is 106 cm³/mol. The van der Waals surface area contributed by atoms with Gasteiger partial charge in [0, 0.05) is 44.2 Å². The lowest BCUT2D eigenvalue weighted by Gasteiger charge is -2.18. The first-order valence-electron chi connectivity index (χ1n) is 9.60. The van der Waals surface area contributed by atoms with E-state index < -0.39 is 0 Å². The number of nitrogens with one attached hydrogen (secondary N) is 3. The van der Waals surface area contributed by atoms with Crippen molar-refractivity contribution < 1.29 is 14.4 Å². The minimum atomic E-state index is -0.324. The molecule has 1 rings (SSSR count). The molecule has 27 heavy (non-hydrogen) atoms. The molecule has 1 atom stereocenters. The van der Waals surface area contributed by atoms with E-state index in [0.29, 0.717) is 25.2 Å². The highest BCUT2D eigenvalue weighted by Gasteiger charge is 2.12. The molecule has 1 aromatic carbocycles. The third kappa shape index (κ3) is 8.11. The van der Waals surface area contributed by atoms with Crippen molar-refractivity contribution in [3.63, 3.8) is 0 Å². The molecule has 0 spiro atoms. The van der Waals surface area contributed by atoms with E-state index in [-0.39, 0.29) is 36.9 Å². The van der Waals surface area contributed by atoms with Crippen LogP contribution in [-0.2, 0) is 11.3 Å². The maximum atomic E-state index is 12.3. The zero-order valence-corrected chi connectivity index (χ0v) is 16.8. The molecule has 0 heterocycles. The molecule has 7 heteroatoms. The fourth-order valence-electron chi connectivity index (χ4n) is 2.44. The lowest BCUT2D eigenvalue weighted by molar-refractivity contribution is -0.121. The molecule has 0 aliphatic rings. The Hall–Kier alpha value is -2.57. The smallest absolute Gasteiger partial charge is 0.315 e. The van der Waals surface area contributed by atoms with Gasteiger partial charge in [-0.15, -0.1) is 0 Å². The summed E-state index contributed by atoms with van der Waals surface area (Å²) >= 11 is 0. The van der Waals surface area contributed by atoms with Crippen molar-refractivity contribution >= 4 is 17.8 Å². The normalized spacial score (nSPS) is 11.4. The first-order chi connectivity index (χ1) is 12.9. The molecule has 1 aromatic rings. The zero-order valence-electron chi connectivity index (χ0n) is 16.8. The summed E-state index contributed by atoms with van der Waals surface area (Å²) < 4.78 is 0. The second kappa shape index (κ2) is 11.9. The van der Waals surface area contributed by atoms with Gasteiger partial charge < -0.3 is 20.9 Å². The van der Waals surface area contributed by atoms with E-state index in [2.05, 4.69) is 16.0 Å². The van der Waals surface area contributed by atoms with Gasteiger partial charge in [0.2, 0.25) is 5.91 Å². The third-order valence-corrected chi connectivity index (χ3v) is 4.36. The van der Waals surface area contributed by atoms with E-state index in [1.54, 1.807) is 17.0 Å². The van der Waals surface area contributed by atoms with Crippen molar-refractivity contribution in [3.8, 4) is 0 Å². The third-order valence-electron chi connectivity index (χ3n) is 4.36. The van der Waals surface area contributed by atoms with Gasteiger partial charge in [0.05, 0.1) is 0 Å². The number of nitrogens with zero attached hydrogens (tertiary/aromatic N) is 1. The van der Waals surface area contributed by atoms with Crippen LogP contribution in [0.2, 0.25) is 0 Å². The van der Waals surface area contributed by atoms with Crippen LogP contribution in [0.3, 0.4) is 0 Å². The highest BCUT2D eigenvalue weighted by atomic mass is 16.2. The van der Waals surface area contributed by atoms with Crippen LogP contribution in [-0.4, -0.2) is 48.4 Å².